The minimum absolute atomic E-state index is 0.218. The summed E-state index contributed by atoms with van der Waals surface area (Å²) in [6.45, 7) is 1.80. The van der Waals surface area contributed by atoms with Crippen molar-refractivity contribution in [3.63, 3.8) is 0 Å². The number of carbonyl (C=O) groups excluding carboxylic acids is 1. The molecule has 0 aliphatic heterocycles. The maximum Gasteiger partial charge on any atom is 0.282 e. The van der Waals surface area contributed by atoms with Gasteiger partial charge in [-0.1, -0.05) is 46.1 Å². The molecular weight excluding hydrogens is 567 g/mol. The van der Waals surface area contributed by atoms with Gasteiger partial charge in [0.15, 0.2) is 6.61 Å². The van der Waals surface area contributed by atoms with Gasteiger partial charge >= 0.3 is 0 Å². The summed E-state index contributed by atoms with van der Waals surface area (Å²) in [5.74, 6) is 0.588. The van der Waals surface area contributed by atoms with Crippen molar-refractivity contribution in [1.29, 1.82) is 0 Å². The van der Waals surface area contributed by atoms with E-state index in [1.54, 1.807) is 48.5 Å². The van der Waals surface area contributed by atoms with Crippen molar-refractivity contribution in [2.45, 2.75) is 19.8 Å². The molecule has 1 N–H and O–H groups in total. The number of hydrogen-bond acceptors (Lipinski definition) is 5. The lowest BCUT2D eigenvalue weighted by molar-refractivity contribution is -0.118. The van der Waals surface area contributed by atoms with E-state index in [-0.39, 0.29) is 18.1 Å². The maximum absolute atomic E-state index is 13.1. The zero-order valence-corrected chi connectivity index (χ0v) is 22.3. The zero-order valence-electron chi connectivity index (χ0n) is 19.2. The Morgan fingerprint density at radius 3 is 2.64 bits per heavy atom. The zero-order chi connectivity index (χ0) is 25.7. The highest BCUT2D eigenvalue weighted by molar-refractivity contribution is 9.10. The van der Waals surface area contributed by atoms with E-state index in [4.69, 9.17) is 27.9 Å². The molecule has 0 saturated carbocycles. The fourth-order valence-corrected chi connectivity index (χ4v) is 4.14. The summed E-state index contributed by atoms with van der Waals surface area (Å²) < 4.78 is 7.66. The highest BCUT2D eigenvalue weighted by atomic mass is 79.9. The van der Waals surface area contributed by atoms with Crippen LogP contribution in [-0.2, 0) is 11.2 Å². The number of anilines is 1. The van der Waals surface area contributed by atoms with Crippen molar-refractivity contribution in [3.8, 4) is 5.75 Å². The highest BCUT2D eigenvalue weighted by Gasteiger charge is 2.11. The predicted molar refractivity (Wildman–Crippen MR) is 148 cm³/mol. The number of aromatic nitrogens is 2. The Morgan fingerprint density at radius 1 is 1.14 bits per heavy atom. The number of benzene rings is 3. The number of carbonyl (C=O) groups is 1. The number of amides is 1. The average molecular weight is 588 g/mol. The summed E-state index contributed by atoms with van der Waals surface area (Å²) in [5, 5.41) is 8.48. The van der Waals surface area contributed by atoms with Gasteiger partial charge < -0.3 is 10.1 Å². The lowest BCUT2D eigenvalue weighted by Gasteiger charge is -2.10. The van der Waals surface area contributed by atoms with Crippen LogP contribution in [0.25, 0.3) is 10.9 Å². The summed E-state index contributed by atoms with van der Waals surface area (Å²) in [6, 6.07) is 17.2. The monoisotopic (exact) mass is 586 g/mol. The second-order valence-corrected chi connectivity index (χ2v) is 9.59. The molecular formula is C26H21BrCl2N4O3. The Kier molecular flexibility index (Phi) is 8.40. The Morgan fingerprint density at radius 2 is 1.92 bits per heavy atom. The molecule has 184 valence electrons. The number of aryl methyl sites for hydroxylation is 1. The normalized spacial score (nSPS) is 11.2. The van der Waals surface area contributed by atoms with Gasteiger partial charge in [-0.15, -0.1) is 0 Å². The molecule has 0 bridgehead atoms. The molecule has 3 aromatic carbocycles. The topological polar surface area (TPSA) is 85.6 Å². The van der Waals surface area contributed by atoms with Gasteiger partial charge in [-0.2, -0.15) is 9.78 Å². The van der Waals surface area contributed by atoms with Crippen LogP contribution >= 0.6 is 39.1 Å². The first kappa shape index (κ1) is 25.9. The van der Waals surface area contributed by atoms with E-state index in [1.165, 1.54) is 10.9 Å². The first-order chi connectivity index (χ1) is 17.3. The number of ether oxygens (including phenoxy) is 1. The van der Waals surface area contributed by atoms with Crippen LogP contribution in [-0.4, -0.2) is 28.4 Å². The van der Waals surface area contributed by atoms with Crippen LogP contribution in [0, 0.1) is 0 Å². The van der Waals surface area contributed by atoms with Gasteiger partial charge in [0.25, 0.3) is 11.5 Å². The molecule has 0 fully saturated rings. The van der Waals surface area contributed by atoms with Gasteiger partial charge in [0.2, 0.25) is 0 Å². The van der Waals surface area contributed by atoms with Crippen LogP contribution in [0.5, 0.6) is 5.75 Å². The SMILES string of the molecule is CCCc1nc2ccc(Br)cc2c(=O)n1N=Cc1ccc(OCC(=O)Nc2ccc(Cl)cc2)c(Cl)c1. The number of hydrogen-bond donors (Lipinski definition) is 1. The molecule has 0 spiro atoms. The molecule has 36 heavy (non-hydrogen) atoms. The smallest absolute Gasteiger partial charge is 0.282 e. The van der Waals surface area contributed by atoms with Gasteiger partial charge in [0.1, 0.15) is 11.6 Å². The third kappa shape index (κ3) is 6.32. The van der Waals surface area contributed by atoms with Crippen molar-refractivity contribution >= 4 is 67.8 Å². The van der Waals surface area contributed by atoms with E-state index in [2.05, 4.69) is 31.3 Å². The fourth-order valence-electron chi connectivity index (χ4n) is 3.41. The van der Waals surface area contributed by atoms with Gasteiger partial charge in [-0.05, 0) is 72.6 Å². The minimum Gasteiger partial charge on any atom is -0.482 e. The van der Waals surface area contributed by atoms with Crippen LogP contribution in [0.1, 0.15) is 24.7 Å². The van der Waals surface area contributed by atoms with E-state index in [0.717, 1.165) is 10.9 Å². The Balaban J connectivity index is 1.49. The van der Waals surface area contributed by atoms with Gasteiger partial charge in [-0.25, -0.2) is 4.98 Å². The molecule has 0 aliphatic rings. The largest absolute Gasteiger partial charge is 0.482 e. The Bertz CT molecular complexity index is 1500. The molecule has 1 heterocycles. The van der Waals surface area contributed by atoms with E-state index >= 15 is 0 Å². The van der Waals surface area contributed by atoms with E-state index in [0.29, 0.717) is 50.2 Å². The van der Waals surface area contributed by atoms with Crippen LogP contribution in [0.3, 0.4) is 0 Å². The van der Waals surface area contributed by atoms with E-state index < -0.39 is 0 Å². The first-order valence-corrected chi connectivity index (χ1v) is 12.6. The quantitative estimate of drug-likeness (QED) is 0.244. The maximum atomic E-state index is 13.1. The Labute approximate surface area is 225 Å². The summed E-state index contributed by atoms with van der Waals surface area (Å²) >= 11 is 15.6. The number of rotatable bonds is 8. The molecule has 1 aromatic heterocycles. The number of nitrogens with one attached hydrogen (secondary N) is 1. The van der Waals surface area contributed by atoms with Crippen LogP contribution in [0.2, 0.25) is 10.0 Å². The molecule has 0 aliphatic carbocycles. The summed E-state index contributed by atoms with van der Waals surface area (Å²) in [4.78, 5) is 29.9. The molecule has 0 unspecified atom stereocenters. The predicted octanol–water partition coefficient (Wildman–Crippen LogP) is 6.32. The van der Waals surface area contributed by atoms with Crippen LogP contribution < -0.4 is 15.6 Å². The van der Waals surface area contributed by atoms with Gasteiger partial charge in [-0.3, -0.25) is 9.59 Å². The molecule has 0 radical (unpaired) electrons. The molecule has 4 aromatic rings. The summed E-state index contributed by atoms with van der Waals surface area (Å²) in [7, 11) is 0. The lowest BCUT2D eigenvalue weighted by atomic mass is 10.2. The first-order valence-electron chi connectivity index (χ1n) is 11.1. The van der Waals surface area contributed by atoms with Crippen molar-refractivity contribution in [3.05, 3.63) is 96.9 Å². The lowest BCUT2D eigenvalue weighted by Crippen LogP contribution is -2.22. The van der Waals surface area contributed by atoms with Crippen LogP contribution in [0.4, 0.5) is 5.69 Å². The second kappa shape index (κ2) is 11.7. The highest BCUT2D eigenvalue weighted by Crippen LogP contribution is 2.25. The molecule has 1 amide bonds. The molecule has 0 atom stereocenters. The molecule has 4 rings (SSSR count). The van der Waals surface area contributed by atoms with E-state index in [1.807, 2.05) is 19.1 Å². The minimum atomic E-state index is -0.336. The Hall–Kier alpha value is -3.20. The van der Waals surface area contributed by atoms with Gasteiger partial charge in [0.05, 0.1) is 22.1 Å². The van der Waals surface area contributed by atoms with Crippen molar-refractivity contribution in [2.75, 3.05) is 11.9 Å². The van der Waals surface area contributed by atoms with Crippen LogP contribution in [0.15, 0.2) is 75.0 Å². The summed E-state index contributed by atoms with van der Waals surface area (Å²) in [5.41, 5.74) is 1.64. The molecule has 10 heteroatoms. The fraction of sp³-hybridized carbons (Fsp3) is 0.154. The van der Waals surface area contributed by atoms with E-state index in [9.17, 15) is 9.59 Å². The standard InChI is InChI=1S/C26H21BrCl2N4O3/c1-2-3-24-32-22-10-5-17(27)13-20(22)26(35)33(24)30-14-16-4-11-23(21(29)12-16)36-15-25(34)31-19-8-6-18(28)7-9-19/h4-14H,2-3,15H2,1H3,(H,31,34). The third-order valence-corrected chi connectivity index (χ3v) is 6.15. The summed E-state index contributed by atoms with van der Waals surface area (Å²) in [6.07, 6.45) is 2.95. The number of fused-ring (bicyclic) bond motifs is 1. The number of halogens is 3. The number of nitrogens with zero attached hydrogens (tertiary/aromatic N) is 3. The van der Waals surface area contributed by atoms with Crippen molar-refractivity contribution < 1.29 is 9.53 Å². The third-order valence-electron chi connectivity index (χ3n) is 5.11. The van der Waals surface area contributed by atoms with Gasteiger partial charge in [0, 0.05) is 21.6 Å². The van der Waals surface area contributed by atoms with Crippen molar-refractivity contribution in [1.82, 2.24) is 9.66 Å². The molecule has 7 nitrogen and oxygen atoms in total. The van der Waals surface area contributed by atoms with Crippen molar-refractivity contribution in [2.24, 2.45) is 5.10 Å². The average Bonchev–Trinajstić information content (AvgIpc) is 2.85. The molecule has 0 saturated heterocycles. The second-order valence-electron chi connectivity index (χ2n) is 7.83.